The number of fused-ring (bicyclic) bond motifs is 1. The van der Waals surface area contributed by atoms with Gasteiger partial charge in [0.05, 0.1) is 7.11 Å². The predicted molar refractivity (Wildman–Crippen MR) is 102 cm³/mol. The third-order valence-electron chi connectivity index (χ3n) is 5.34. The summed E-state index contributed by atoms with van der Waals surface area (Å²) in [5.41, 5.74) is 3.06. The van der Waals surface area contributed by atoms with Crippen molar-refractivity contribution in [3.63, 3.8) is 0 Å². The van der Waals surface area contributed by atoms with Crippen LogP contribution < -0.4 is 10.1 Å². The van der Waals surface area contributed by atoms with E-state index in [2.05, 4.69) is 11.4 Å². The molecule has 0 spiro atoms. The van der Waals surface area contributed by atoms with Crippen LogP contribution in [0.5, 0.6) is 5.75 Å². The van der Waals surface area contributed by atoms with E-state index in [-0.39, 0.29) is 17.7 Å². The molecule has 5 heteroatoms. The van der Waals surface area contributed by atoms with Crippen LogP contribution in [-0.2, 0) is 22.6 Å². The highest BCUT2D eigenvalue weighted by atomic mass is 16.5. The second kappa shape index (κ2) is 7.43. The lowest BCUT2D eigenvalue weighted by Crippen LogP contribution is -2.47. The first kappa shape index (κ1) is 17.6. The fraction of sp³-hybridized carbons (Fsp3) is 0.364. The van der Waals surface area contributed by atoms with Crippen LogP contribution in [0.2, 0.25) is 0 Å². The fourth-order valence-corrected chi connectivity index (χ4v) is 3.72. The molecular weight excluding hydrogens is 340 g/mol. The summed E-state index contributed by atoms with van der Waals surface area (Å²) in [4.78, 5) is 27.7. The Kier molecular flexibility index (Phi) is 4.84. The van der Waals surface area contributed by atoms with Crippen molar-refractivity contribution in [3.05, 3.63) is 65.2 Å². The molecule has 1 fully saturated rings. The van der Waals surface area contributed by atoms with Crippen molar-refractivity contribution in [2.75, 3.05) is 13.7 Å². The van der Waals surface area contributed by atoms with E-state index >= 15 is 0 Å². The van der Waals surface area contributed by atoms with E-state index in [9.17, 15) is 9.59 Å². The van der Waals surface area contributed by atoms with Crippen LogP contribution in [-0.4, -0.2) is 30.4 Å². The van der Waals surface area contributed by atoms with Gasteiger partial charge in [0, 0.05) is 19.0 Å². The Labute approximate surface area is 159 Å². The summed E-state index contributed by atoms with van der Waals surface area (Å²) >= 11 is 0. The Bertz CT molecular complexity index is 860. The molecule has 1 aliphatic heterocycles. The first-order chi connectivity index (χ1) is 13.2. The first-order valence-corrected chi connectivity index (χ1v) is 9.46. The summed E-state index contributed by atoms with van der Waals surface area (Å²) in [6.45, 7) is 1.00. The SMILES string of the molecule is COc1cccc(CNC(=O)C2c3ccccc3CCN2C(=O)C2CC2)c1. The smallest absolute Gasteiger partial charge is 0.247 e. The van der Waals surface area contributed by atoms with Crippen LogP contribution in [0.15, 0.2) is 48.5 Å². The van der Waals surface area contributed by atoms with Crippen molar-refractivity contribution in [2.45, 2.75) is 31.8 Å². The topological polar surface area (TPSA) is 58.6 Å². The molecular formula is C22H24N2O3. The average Bonchev–Trinajstić information content (AvgIpc) is 3.56. The summed E-state index contributed by atoms with van der Waals surface area (Å²) in [5, 5.41) is 3.02. The molecule has 1 heterocycles. The van der Waals surface area contributed by atoms with Gasteiger partial charge in [-0.25, -0.2) is 0 Å². The van der Waals surface area contributed by atoms with Crippen LogP contribution >= 0.6 is 0 Å². The maximum atomic E-state index is 13.1. The Hall–Kier alpha value is -2.82. The summed E-state index contributed by atoms with van der Waals surface area (Å²) in [7, 11) is 1.62. The molecule has 1 unspecified atom stereocenters. The van der Waals surface area contributed by atoms with Gasteiger partial charge in [0.15, 0.2) is 0 Å². The van der Waals surface area contributed by atoms with Gasteiger partial charge < -0.3 is 15.0 Å². The van der Waals surface area contributed by atoms with Crippen molar-refractivity contribution in [1.29, 1.82) is 0 Å². The Balaban J connectivity index is 1.55. The van der Waals surface area contributed by atoms with Crippen LogP contribution in [0.4, 0.5) is 0 Å². The number of benzene rings is 2. The molecule has 0 saturated heterocycles. The van der Waals surface area contributed by atoms with Crippen LogP contribution in [0.1, 0.15) is 35.6 Å². The molecule has 5 nitrogen and oxygen atoms in total. The van der Waals surface area contributed by atoms with Gasteiger partial charge >= 0.3 is 0 Å². The minimum Gasteiger partial charge on any atom is -0.497 e. The molecule has 1 N–H and O–H groups in total. The number of nitrogens with one attached hydrogen (secondary N) is 1. The molecule has 0 bridgehead atoms. The summed E-state index contributed by atoms with van der Waals surface area (Å²) in [6, 6.07) is 15.0. The lowest BCUT2D eigenvalue weighted by atomic mass is 9.91. The third kappa shape index (κ3) is 3.68. The second-order valence-corrected chi connectivity index (χ2v) is 7.23. The van der Waals surface area contributed by atoms with Gasteiger partial charge in [-0.1, -0.05) is 36.4 Å². The van der Waals surface area contributed by atoms with Gasteiger partial charge in [-0.2, -0.15) is 0 Å². The van der Waals surface area contributed by atoms with Crippen molar-refractivity contribution in [2.24, 2.45) is 5.92 Å². The number of amides is 2. The number of rotatable bonds is 5. The highest BCUT2D eigenvalue weighted by molar-refractivity contribution is 5.91. The van der Waals surface area contributed by atoms with E-state index < -0.39 is 6.04 Å². The summed E-state index contributed by atoms with van der Waals surface area (Å²) in [6.07, 6.45) is 2.68. The summed E-state index contributed by atoms with van der Waals surface area (Å²) < 4.78 is 5.24. The lowest BCUT2D eigenvalue weighted by Gasteiger charge is -2.36. The zero-order chi connectivity index (χ0) is 18.8. The predicted octanol–water partition coefficient (Wildman–Crippen LogP) is 2.85. The van der Waals surface area contributed by atoms with Crippen LogP contribution in [0.3, 0.4) is 0 Å². The zero-order valence-corrected chi connectivity index (χ0v) is 15.5. The minimum atomic E-state index is -0.548. The van der Waals surface area contributed by atoms with E-state index in [4.69, 9.17) is 4.74 Å². The Morgan fingerprint density at radius 3 is 2.74 bits per heavy atom. The Morgan fingerprint density at radius 1 is 1.15 bits per heavy atom. The average molecular weight is 364 g/mol. The number of methoxy groups -OCH3 is 1. The molecule has 2 amide bonds. The van der Waals surface area contributed by atoms with E-state index in [1.807, 2.05) is 42.5 Å². The van der Waals surface area contributed by atoms with Crippen molar-refractivity contribution < 1.29 is 14.3 Å². The lowest BCUT2D eigenvalue weighted by molar-refractivity contribution is -0.142. The van der Waals surface area contributed by atoms with E-state index in [0.717, 1.165) is 41.7 Å². The van der Waals surface area contributed by atoms with Crippen molar-refractivity contribution in [3.8, 4) is 5.75 Å². The van der Waals surface area contributed by atoms with E-state index in [0.29, 0.717) is 13.1 Å². The molecule has 2 aromatic carbocycles. The standard InChI is InChI=1S/C22H24N2O3/c1-27-18-7-4-5-15(13-18)14-23-21(25)20-19-8-3-2-6-16(19)11-12-24(20)22(26)17-9-10-17/h2-8,13,17,20H,9-12,14H2,1H3,(H,23,25). The molecule has 1 atom stereocenters. The van der Waals surface area contributed by atoms with Gasteiger partial charge in [0.1, 0.15) is 11.8 Å². The van der Waals surface area contributed by atoms with E-state index in [1.54, 1.807) is 12.0 Å². The number of ether oxygens (including phenoxy) is 1. The number of carbonyl (C=O) groups excluding carboxylic acids is 2. The fourth-order valence-electron chi connectivity index (χ4n) is 3.72. The normalized spacial score (nSPS) is 18.6. The molecule has 27 heavy (non-hydrogen) atoms. The van der Waals surface area contributed by atoms with Gasteiger partial charge in [0.2, 0.25) is 11.8 Å². The molecule has 2 aromatic rings. The molecule has 2 aliphatic rings. The van der Waals surface area contributed by atoms with Gasteiger partial charge in [-0.15, -0.1) is 0 Å². The molecule has 0 aromatic heterocycles. The highest BCUT2D eigenvalue weighted by Crippen LogP contribution is 2.37. The van der Waals surface area contributed by atoms with Crippen LogP contribution in [0.25, 0.3) is 0 Å². The molecule has 1 aliphatic carbocycles. The molecule has 1 saturated carbocycles. The van der Waals surface area contributed by atoms with Gasteiger partial charge in [-0.05, 0) is 48.1 Å². The Morgan fingerprint density at radius 2 is 1.96 bits per heavy atom. The van der Waals surface area contributed by atoms with Crippen molar-refractivity contribution >= 4 is 11.8 Å². The molecule has 4 rings (SSSR count). The maximum absolute atomic E-state index is 13.1. The maximum Gasteiger partial charge on any atom is 0.247 e. The zero-order valence-electron chi connectivity index (χ0n) is 15.5. The second-order valence-electron chi connectivity index (χ2n) is 7.23. The number of hydrogen-bond acceptors (Lipinski definition) is 3. The largest absolute Gasteiger partial charge is 0.497 e. The van der Waals surface area contributed by atoms with Crippen molar-refractivity contribution in [1.82, 2.24) is 10.2 Å². The number of nitrogens with zero attached hydrogens (tertiary/aromatic N) is 1. The van der Waals surface area contributed by atoms with E-state index in [1.165, 1.54) is 0 Å². The summed E-state index contributed by atoms with van der Waals surface area (Å²) in [5.74, 6) is 0.851. The monoisotopic (exact) mass is 364 g/mol. The first-order valence-electron chi connectivity index (χ1n) is 9.46. The van der Waals surface area contributed by atoms with Gasteiger partial charge in [-0.3, -0.25) is 9.59 Å². The quantitative estimate of drug-likeness (QED) is 0.888. The number of carbonyl (C=O) groups is 2. The number of hydrogen-bond donors (Lipinski definition) is 1. The van der Waals surface area contributed by atoms with Crippen LogP contribution in [0, 0.1) is 5.92 Å². The highest BCUT2D eigenvalue weighted by Gasteiger charge is 2.41. The third-order valence-corrected chi connectivity index (χ3v) is 5.34. The molecule has 140 valence electrons. The minimum absolute atomic E-state index is 0.101. The van der Waals surface area contributed by atoms with Gasteiger partial charge in [0.25, 0.3) is 0 Å². The molecule has 0 radical (unpaired) electrons.